The summed E-state index contributed by atoms with van der Waals surface area (Å²) in [6.07, 6.45) is -2.37. The van der Waals surface area contributed by atoms with Gasteiger partial charge in [-0.15, -0.1) is 11.8 Å². The van der Waals surface area contributed by atoms with Crippen molar-refractivity contribution in [1.82, 2.24) is 0 Å². The first-order valence-electron chi connectivity index (χ1n) is 11.3. The molecular weight excluding hydrogens is 489 g/mol. The highest BCUT2D eigenvalue weighted by Crippen LogP contribution is 2.31. The number of hydrogen-bond acceptors (Lipinski definition) is 5. The van der Waals surface area contributed by atoms with Crippen LogP contribution in [0.2, 0.25) is 0 Å². The van der Waals surface area contributed by atoms with Crippen LogP contribution in [-0.4, -0.2) is 31.5 Å². The summed E-state index contributed by atoms with van der Waals surface area (Å²) in [4.78, 5) is 12.5. The monoisotopic (exact) mass is 516 g/mol. The molecule has 0 atom stereocenters. The number of alkyl halides is 3. The standard InChI is InChI=1S/C28H27F3O4S/c1-3-33-27(32)18-35-26-14-13-25(15-20(26)2)36-19-22(16-21-7-5-4-6-8-21)17-34-24-11-9-23(10-12-24)28(29,30)31/h4-16H,3,17-19H2,1-2H3/b22-16-. The van der Waals surface area contributed by atoms with Crippen LogP contribution in [0.4, 0.5) is 13.2 Å². The van der Waals surface area contributed by atoms with Crippen LogP contribution in [0.15, 0.2) is 83.3 Å². The first kappa shape index (κ1) is 27.2. The fourth-order valence-corrected chi connectivity index (χ4v) is 4.16. The van der Waals surface area contributed by atoms with Gasteiger partial charge in [0.05, 0.1) is 12.2 Å². The Bertz CT molecular complexity index is 1160. The van der Waals surface area contributed by atoms with Crippen LogP contribution in [0.3, 0.4) is 0 Å². The zero-order valence-corrected chi connectivity index (χ0v) is 20.8. The molecule has 3 aromatic carbocycles. The lowest BCUT2D eigenvalue weighted by Gasteiger charge is -2.13. The highest BCUT2D eigenvalue weighted by Gasteiger charge is 2.30. The van der Waals surface area contributed by atoms with E-state index in [0.29, 0.717) is 23.9 Å². The van der Waals surface area contributed by atoms with Gasteiger partial charge >= 0.3 is 12.1 Å². The smallest absolute Gasteiger partial charge is 0.416 e. The van der Waals surface area contributed by atoms with Crippen LogP contribution >= 0.6 is 11.8 Å². The molecule has 0 saturated heterocycles. The summed E-state index contributed by atoms with van der Waals surface area (Å²) in [6, 6.07) is 20.1. The number of halogens is 3. The van der Waals surface area contributed by atoms with E-state index in [2.05, 4.69) is 0 Å². The first-order chi connectivity index (χ1) is 17.2. The van der Waals surface area contributed by atoms with E-state index in [0.717, 1.165) is 33.7 Å². The summed E-state index contributed by atoms with van der Waals surface area (Å²) >= 11 is 1.60. The van der Waals surface area contributed by atoms with Crippen molar-refractivity contribution in [2.24, 2.45) is 0 Å². The average Bonchev–Trinajstić information content (AvgIpc) is 2.85. The Labute approximate surface area is 213 Å². The van der Waals surface area contributed by atoms with E-state index in [1.807, 2.05) is 61.5 Å². The molecule has 0 aliphatic rings. The Balaban J connectivity index is 1.65. The maximum atomic E-state index is 12.8. The topological polar surface area (TPSA) is 44.8 Å². The number of rotatable bonds is 11. The van der Waals surface area contributed by atoms with Gasteiger partial charge in [0.2, 0.25) is 0 Å². The second-order valence-electron chi connectivity index (χ2n) is 7.83. The van der Waals surface area contributed by atoms with Gasteiger partial charge in [-0.25, -0.2) is 4.79 Å². The SMILES string of the molecule is CCOC(=O)COc1ccc(SC/C(=C\c2ccccc2)COc2ccc(C(F)(F)F)cc2)cc1C. The summed E-state index contributed by atoms with van der Waals surface area (Å²) in [5.74, 6) is 1.17. The van der Waals surface area contributed by atoms with E-state index in [9.17, 15) is 18.0 Å². The van der Waals surface area contributed by atoms with Gasteiger partial charge in [-0.05, 0) is 73.0 Å². The molecular formula is C28H27F3O4S. The van der Waals surface area contributed by atoms with Gasteiger partial charge in [0, 0.05) is 10.6 Å². The summed E-state index contributed by atoms with van der Waals surface area (Å²) in [5, 5.41) is 0. The number of ether oxygens (including phenoxy) is 3. The summed E-state index contributed by atoms with van der Waals surface area (Å²) in [7, 11) is 0. The van der Waals surface area contributed by atoms with E-state index in [1.165, 1.54) is 12.1 Å². The number of aryl methyl sites for hydroxylation is 1. The van der Waals surface area contributed by atoms with Gasteiger partial charge in [-0.3, -0.25) is 0 Å². The van der Waals surface area contributed by atoms with E-state index in [-0.39, 0.29) is 13.2 Å². The van der Waals surface area contributed by atoms with Crippen LogP contribution in [0, 0.1) is 6.92 Å². The molecule has 36 heavy (non-hydrogen) atoms. The van der Waals surface area contributed by atoms with Crippen molar-refractivity contribution in [3.05, 3.63) is 95.1 Å². The molecule has 0 saturated carbocycles. The number of esters is 1. The average molecular weight is 517 g/mol. The largest absolute Gasteiger partial charge is 0.489 e. The molecule has 0 aromatic heterocycles. The third kappa shape index (κ3) is 8.68. The van der Waals surface area contributed by atoms with Crippen molar-refractivity contribution in [1.29, 1.82) is 0 Å². The van der Waals surface area contributed by atoms with Gasteiger partial charge < -0.3 is 14.2 Å². The Morgan fingerprint density at radius 2 is 1.67 bits per heavy atom. The number of benzene rings is 3. The third-order valence-electron chi connectivity index (χ3n) is 5.00. The fourth-order valence-electron chi connectivity index (χ4n) is 3.22. The van der Waals surface area contributed by atoms with Crippen LogP contribution < -0.4 is 9.47 Å². The van der Waals surface area contributed by atoms with Crippen LogP contribution in [0.1, 0.15) is 23.6 Å². The Hall–Kier alpha value is -3.39. The normalized spacial score (nSPS) is 11.8. The quantitative estimate of drug-likeness (QED) is 0.199. The molecule has 0 radical (unpaired) electrons. The van der Waals surface area contributed by atoms with Crippen molar-refractivity contribution in [3.8, 4) is 11.5 Å². The van der Waals surface area contributed by atoms with E-state index in [1.54, 1.807) is 18.7 Å². The minimum atomic E-state index is -4.38. The minimum absolute atomic E-state index is 0.146. The molecule has 0 amide bonds. The third-order valence-corrected chi connectivity index (χ3v) is 6.10. The molecule has 3 rings (SSSR count). The van der Waals surface area contributed by atoms with Gasteiger partial charge in [0.15, 0.2) is 6.61 Å². The van der Waals surface area contributed by atoms with Crippen molar-refractivity contribution in [2.75, 3.05) is 25.6 Å². The fraction of sp³-hybridized carbons (Fsp3) is 0.250. The maximum Gasteiger partial charge on any atom is 0.416 e. The Morgan fingerprint density at radius 1 is 0.944 bits per heavy atom. The van der Waals surface area contributed by atoms with Crippen LogP contribution in [0.25, 0.3) is 6.08 Å². The lowest BCUT2D eigenvalue weighted by Crippen LogP contribution is -2.14. The Kier molecular flexibility index (Phi) is 9.87. The zero-order valence-electron chi connectivity index (χ0n) is 20.0. The zero-order chi connectivity index (χ0) is 26.0. The number of hydrogen-bond donors (Lipinski definition) is 0. The molecule has 0 fully saturated rings. The Morgan fingerprint density at radius 3 is 2.31 bits per heavy atom. The predicted molar refractivity (Wildman–Crippen MR) is 135 cm³/mol. The first-order valence-corrected chi connectivity index (χ1v) is 12.3. The lowest BCUT2D eigenvalue weighted by atomic mass is 10.1. The predicted octanol–water partition coefficient (Wildman–Crippen LogP) is 7.21. The number of carbonyl (C=O) groups is 1. The molecule has 0 aliphatic heterocycles. The molecule has 0 unspecified atom stereocenters. The van der Waals surface area contributed by atoms with E-state index < -0.39 is 17.7 Å². The summed E-state index contributed by atoms with van der Waals surface area (Å²) < 4.78 is 54.7. The molecule has 8 heteroatoms. The second-order valence-corrected chi connectivity index (χ2v) is 8.88. The molecule has 0 aliphatic carbocycles. The van der Waals surface area contributed by atoms with Crippen LogP contribution in [0.5, 0.6) is 11.5 Å². The summed E-state index contributed by atoms with van der Waals surface area (Å²) in [6.45, 7) is 4.03. The minimum Gasteiger partial charge on any atom is -0.489 e. The highest BCUT2D eigenvalue weighted by atomic mass is 32.2. The summed E-state index contributed by atoms with van der Waals surface area (Å²) in [5.41, 5.74) is 2.14. The molecule has 0 bridgehead atoms. The van der Waals surface area contributed by atoms with Gasteiger partial charge in [-0.2, -0.15) is 13.2 Å². The number of thioether (sulfide) groups is 1. The van der Waals surface area contributed by atoms with Gasteiger partial charge in [-0.1, -0.05) is 36.4 Å². The van der Waals surface area contributed by atoms with Gasteiger partial charge in [0.1, 0.15) is 18.1 Å². The molecule has 0 heterocycles. The molecule has 0 spiro atoms. The molecule has 3 aromatic rings. The highest BCUT2D eigenvalue weighted by molar-refractivity contribution is 7.99. The van der Waals surface area contributed by atoms with Crippen molar-refractivity contribution >= 4 is 23.8 Å². The molecule has 190 valence electrons. The molecule has 0 N–H and O–H groups in total. The maximum absolute atomic E-state index is 12.8. The van der Waals surface area contributed by atoms with Crippen molar-refractivity contribution in [3.63, 3.8) is 0 Å². The van der Waals surface area contributed by atoms with Gasteiger partial charge in [0.25, 0.3) is 0 Å². The lowest BCUT2D eigenvalue weighted by molar-refractivity contribution is -0.145. The van der Waals surface area contributed by atoms with Crippen molar-refractivity contribution in [2.45, 2.75) is 24.9 Å². The second kappa shape index (κ2) is 13.1. The number of carbonyl (C=O) groups excluding carboxylic acids is 1. The molecule has 4 nitrogen and oxygen atoms in total. The van der Waals surface area contributed by atoms with E-state index in [4.69, 9.17) is 14.2 Å². The van der Waals surface area contributed by atoms with Crippen LogP contribution in [-0.2, 0) is 15.7 Å². The van der Waals surface area contributed by atoms with E-state index >= 15 is 0 Å². The van der Waals surface area contributed by atoms with Crippen molar-refractivity contribution < 1.29 is 32.2 Å².